The zero-order chi connectivity index (χ0) is 13.2. The fourth-order valence-corrected chi connectivity index (χ4v) is 4.99. The summed E-state index contributed by atoms with van der Waals surface area (Å²) in [5.41, 5.74) is 2.74. The molecule has 102 valence electrons. The second-order valence-electron chi connectivity index (χ2n) is 5.09. The Balaban J connectivity index is 1.96. The first-order valence-electron chi connectivity index (χ1n) is 7.05. The van der Waals surface area contributed by atoms with Crippen molar-refractivity contribution < 1.29 is 0 Å². The van der Waals surface area contributed by atoms with Crippen molar-refractivity contribution in [3.05, 3.63) is 37.5 Å². The lowest BCUT2D eigenvalue weighted by Crippen LogP contribution is -2.21. The lowest BCUT2D eigenvalue weighted by molar-refractivity contribution is 0.626. The molecular weight excluding hydrogens is 272 g/mol. The fraction of sp³-hybridized carbons (Fsp3) is 0.533. The summed E-state index contributed by atoms with van der Waals surface area (Å²) in [4.78, 5) is 7.88. The highest BCUT2D eigenvalue weighted by atomic mass is 32.1. The van der Waals surface area contributed by atoms with Gasteiger partial charge in [-0.05, 0) is 56.2 Å². The maximum absolute atomic E-state index is 4.93. The summed E-state index contributed by atoms with van der Waals surface area (Å²) in [5, 5.41) is 7.06. The van der Waals surface area contributed by atoms with Crippen LogP contribution in [0.2, 0.25) is 0 Å². The molecule has 0 saturated carbocycles. The van der Waals surface area contributed by atoms with E-state index >= 15 is 0 Å². The van der Waals surface area contributed by atoms with E-state index in [0.717, 1.165) is 6.54 Å². The molecule has 1 N–H and O–H groups in total. The molecule has 0 bridgehead atoms. The van der Waals surface area contributed by atoms with Crippen LogP contribution in [-0.2, 0) is 12.8 Å². The Morgan fingerprint density at radius 1 is 1.37 bits per heavy atom. The highest BCUT2D eigenvalue weighted by Gasteiger charge is 2.23. The molecule has 0 saturated heterocycles. The minimum absolute atomic E-state index is 0.292. The summed E-state index contributed by atoms with van der Waals surface area (Å²) in [6.07, 6.45) is 5.04. The SMILES string of the molecule is CCNC(c1nc2c(s1)CCCC2)c1sccc1C. The van der Waals surface area contributed by atoms with Crippen LogP contribution in [0.3, 0.4) is 0 Å². The van der Waals surface area contributed by atoms with Crippen LogP contribution in [0.4, 0.5) is 0 Å². The van der Waals surface area contributed by atoms with Crippen molar-refractivity contribution in [3.63, 3.8) is 0 Å². The van der Waals surface area contributed by atoms with Gasteiger partial charge in [-0.1, -0.05) is 6.92 Å². The molecular formula is C15H20N2S2. The second-order valence-corrected chi connectivity index (χ2v) is 7.15. The van der Waals surface area contributed by atoms with E-state index in [1.807, 2.05) is 22.7 Å². The average Bonchev–Trinajstić information content (AvgIpc) is 3.02. The molecule has 3 rings (SSSR count). The predicted molar refractivity (Wildman–Crippen MR) is 83.3 cm³/mol. The molecule has 1 unspecified atom stereocenters. The van der Waals surface area contributed by atoms with Crippen LogP contribution in [0.1, 0.15) is 51.8 Å². The molecule has 1 aliphatic rings. The highest BCUT2D eigenvalue weighted by Crippen LogP contribution is 2.35. The minimum atomic E-state index is 0.292. The van der Waals surface area contributed by atoms with Crippen LogP contribution >= 0.6 is 22.7 Å². The van der Waals surface area contributed by atoms with Gasteiger partial charge in [0.1, 0.15) is 5.01 Å². The van der Waals surface area contributed by atoms with Gasteiger partial charge >= 0.3 is 0 Å². The lowest BCUT2D eigenvalue weighted by atomic mass is 10.0. The van der Waals surface area contributed by atoms with Crippen LogP contribution in [-0.4, -0.2) is 11.5 Å². The molecule has 4 heteroatoms. The topological polar surface area (TPSA) is 24.9 Å². The second kappa shape index (κ2) is 5.73. The maximum atomic E-state index is 4.93. The van der Waals surface area contributed by atoms with Gasteiger partial charge < -0.3 is 5.32 Å². The third kappa shape index (κ3) is 2.62. The van der Waals surface area contributed by atoms with Crippen molar-refractivity contribution in [2.75, 3.05) is 6.54 Å². The molecule has 2 heterocycles. The molecule has 0 aromatic carbocycles. The van der Waals surface area contributed by atoms with Crippen molar-refractivity contribution in [1.29, 1.82) is 0 Å². The number of nitrogens with one attached hydrogen (secondary N) is 1. The number of aromatic nitrogens is 1. The van der Waals surface area contributed by atoms with Gasteiger partial charge in [0.15, 0.2) is 0 Å². The van der Waals surface area contributed by atoms with Gasteiger partial charge in [-0.3, -0.25) is 0 Å². The summed E-state index contributed by atoms with van der Waals surface area (Å²) in [6, 6.07) is 2.50. The van der Waals surface area contributed by atoms with E-state index in [0.29, 0.717) is 6.04 Å². The largest absolute Gasteiger partial charge is 0.304 e. The van der Waals surface area contributed by atoms with Gasteiger partial charge in [0.25, 0.3) is 0 Å². The van der Waals surface area contributed by atoms with Crippen molar-refractivity contribution in [1.82, 2.24) is 10.3 Å². The summed E-state index contributed by atoms with van der Waals surface area (Å²) in [7, 11) is 0. The standard InChI is InChI=1S/C15H20N2S2/c1-3-16-13(14-10(2)8-9-18-14)15-17-11-6-4-5-7-12(11)19-15/h8-9,13,16H,3-7H2,1-2H3. The third-order valence-electron chi connectivity index (χ3n) is 3.68. The molecule has 1 atom stereocenters. The molecule has 1 aliphatic carbocycles. The van der Waals surface area contributed by atoms with Gasteiger partial charge in [-0.15, -0.1) is 22.7 Å². The van der Waals surface area contributed by atoms with Crippen LogP contribution in [0.5, 0.6) is 0 Å². The number of thiazole rings is 1. The van der Waals surface area contributed by atoms with Gasteiger partial charge in [-0.2, -0.15) is 0 Å². The van der Waals surface area contributed by atoms with E-state index in [1.165, 1.54) is 51.7 Å². The zero-order valence-electron chi connectivity index (χ0n) is 11.5. The van der Waals surface area contributed by atoms with E-state index in [2.05, 4.69) is 30.6 Å². The van der Waals surface area contributed by atoms with Crippen molar-refractivity contribution in [2.24, 2.45) is 0 Å². The van der Waals surface area contributed by atoms with E-state index in [1.54, 1.807) is 0 Å². The number of nitrogens with zero attached hydrogens (tertiary/aromatic N) is 1. The fourth-order valence-electron chi connectivity index (χ4n) is 2.67. The number of fused-ring (bicyclic) bond motifs is 1. The monoisotopic (exact) mass is 292 g/mol. The molecule has 2 nitrogen and oxygen atoms in total. The Morgan fingerprint density at radius 3 is 2.89 bits per heavy atom. The van der Waals surface area contributed by atoms with Gasteiger partial charge in [0.2, 0.25) is 0 Å². The molecule has 2 aromatic heterocycles. The number of hydrogen-bond acceptors (Lipinski definition) is 4. The maximum Gasteiger partial charge on any atom is 0.116 e. The quantitative estimate of drug-likeness (QED) is 0.918. The third-order valence-corrected chi connectivity index (χ3v) is 5.99. The zero-order valence-corrected chi connectivity index (χ0v) is 13.2. The van der Waals surface area contributed by atoms with Crippen molar-refractivity contribution >= 4 is 22.7 Å². The average molecular weight is 292 g/mol. The van der Waals surface area contributed by atoms with Crippen LogP contribution in [0.15, 0.2) is 11.4 Å². The van der Waals surface area contributed by atoms with E-state index < -0.39 is 0 Å². The number of hydrogen-bond donors (Lipinski definition) is 1. The van der Waals surface area contributed by atoms with E-state index in [9.17, 15) is 0 Å². The minimum Gasteiger partial charge on any atom is -0.304 e. The number of thiophene rings is 1. The normalized spacial score (nSPS) is 16.3. The molecule has 0 aliphatic heterocycles. The Bertz CT molecular complexity index is 533. The highest BCUT2D eigenvalue weighted by molar-refractivity contribution is 7.12. The molecule has 0 spiro atoms. The summed E-state index contributed by atoms with van der Waals surface area (Å²) in [6.45, 7) is 5.35. The van der Waals surface area contributed by atoms with Crippen molar-refractivity contribution in [3.8, 4) is 0 Å². The van der Waals surface area contributed by atoms with Crippen LogP contribution in [0, 0.1) is 6.92 Å². The first-order chi connectivity index (χ1) is 9.29. The van der Waals surface area contributed by atoms with E-state index in [4.69, 9.17) is 4.98 Å². The Morgan fingerprint density at radius 2 is 2.21 bits per heavy atom. The summed E-state index contributed by atoms with van der Waals surface area (Å²) in [5.74, 6) is 0. The van der Waals surface area contributed by atoms with Crippen LogP contribution < -0.4 is 5.32 Å². The smallest absolute Gasteiger partial charge is 0.116 e. The van der Waals surface area contributed by atoms with Crippen molar-refractivity contribution in [2.45, 2.75) is 45.6 Å². The summed E-state index contributed by atoms with van der Waals surface area (Å²) < 4.78 is 0. The van der Waals surface area contributed by atoms with Gasteiger partial charge in [-0.25, -0.2) is 4.98 Å². The molecule has 0 radical (unpaired) electrons. The first kappa shape index (κ1) is 13.3. The molecule has 2 aromatic rings. The number of aryl methyl sites for hydroxylation is 3. The summed E-state index contributed by atoms with van der Waals surface area (Å²) >= 11 is 3.77. The Hall–Kier alpha value is -0.710. The molecule has 0 fully saturated rings. The van der Waals surface area contributed by atoms with Gasteiger partial charge in [0, 0.05) is 9.75 Å². The van der Waals surface area contributed by atoms with E-state index in [-0.39, 0.29) is 0 Å². The lowest BCUT2D eigenvalue weighted by Gasteiger charge is -2.14. The molecule has 0 amide bonds. The predicted octanol–water partition coefficient (Wildman–Crippen LogP) is 4.09. The van der Waals surface area contributed by atoms with Crippen LogP contribution in [0.25, 0.3) is 0 Å². The first-order valence-corrected chi connectivity index (χ1v) is 8.75. The Kier molecular flexibility index (Phi) is 4.01. The van der Waals surface area contributed by atoms with Gasteiger partial charge in [0.05, 0.1) is 11.7 Å². The molecule has 19 heavy (non-hydrogen) atoms. The number of rotatable bonds is 4. The Labute approximate surface area is 122 Å².